The number of rotatable bonds is 2. The second kappa shape index (κ2) is 7.34. The molecule has 3 nitrogen and oxygen atoms in total. The molecular weight excluding hydrogens is 320 g/mol. The van der Waals surface area contributed by atoms with E-state index in [4.69, 9.17) is 0 Å². The van der Waals surface area contributed by atoms with Gasteiger partial charge >= 0.3 is 0 Å². The van der Waals surface area contributed by atoms with Crippen LogP contribution in [0.5, 0.6) is 0 Å². The largest absolute Gasteiger partial charge is 0.349 e. The molecule has 1 spiro atoms. The Hall–Kier alpha value is -1.35. The molecule has 3 atom stereocenters. The monoisotopic (exact) mass is 354 g/mol. The Kier molecular flexibility index (Phi) is 5.09. The summed E-state index contributed by atoms with van der Waals surface area (Å²) in [6.45, 7) is 6.52. The molecule has 26 heavy (non-hydrogen) atoms. The number of hydrogen-bond acceptors (Lipinski definition) is 2. The first-order valence-corrected chi connectivity index (χ1v) is 10.7. The molecule has 1 aromatic carbocycles. The summed E-state index contributed by atoms with van der Waals surface area (Å²) in [6.07, 6.45) is 10.6. The Morgan fingerprint density at radius 1 is 1.15 bits per heavy atom. The number of benzene rings is 1. The van der Waals surface area contributed by atoms with E-state index in [1.807, 2.05) is 0 Å². The molecule has 1 aliphatic heterocycles. The first-order valence-electron chi connectivity index (χ1n) is 10.7. The summed E-state index contributed by atoms with van der Waals surface area (Å²) >= 11 is 0. The van der Waals surface area contributed by atoms with Crippen molar-refractivity contribution in [3.63, 3.8) is 0 Å². The highest BCUT2D eigenvalue weighted by molar-refractivity contribution is 5.73. The highest BCUT2D eigenvalue weighted by Crippen LogP contribution is 2.51. The average molecular weight is 355 g/mol. The van der Waals surface area contributed by atoms with Gasteiger partial charge in [0.25, 0.3) is 0 Å². The Morgan fingerprint density at radius 3 is 2.65 bits per heavy atom. The van der Waals surface area contributed by atoms with E-state index >= 15 is 0 Å². The average Bonchev–Trinajstić information content (AvgIpc) is 2.77. The Morgan fingerprint density at radius 2 is 1.88 bits per heavy atom. The van der Waals surface area contributed by atoms with Gasteiger partial charge < -0.3 is 10.2 Å². The molecule has 3 heteroatoms. The summed E-state index contributed by atoms with van der Waals surface area (Å²) in [5, 5.41) is 3.21. The van der Waals surface area contributed by atoms with Gasteiger partial charge in [-0.1, -0.05) is 50.5 Å². The second-order valence-corrected chi connectivity index (χ2v) is 9.14. The molecule has 1 amide bonds. The van der Waals surface area contributed by atoms with Gasteiger partial charge in [0.2, 0.25) is 5.91 Å². The molecule has 0 bridgehead atoms. The molecule has 4 rings (SSSR count). The smallest absolute Gasteiger partial charge is 0.217 e. The predicted octanol–water partition coefficient (Wildman–Crippen LogP) is 4.57. The highest BCUT2D eigenvalue weighted by atomic mass is 16.1. The molecule has 3 unspecified atom stereocenters. The van der Waals surface area contributed by atoms with Crippen LogP contribution in [0.25, 0.3) is 0 Å². The number of hydrogen-bond donors (Lipinski definition) is 1. The quantitative estimate of drug-likeness (QED) is 0.789. The van der Waals surface area contributed by atoms with Gasteiger partial charge in [0.05, 0.1) is 6.04 Å². The number of nitrogens with one attached hydrogen (secondary N) is 1. The van der Waals surface area contributed by atoms with Gasteiger partial charge in [0.15, 0.2) is 0 Å². The zero-order chi connectivity index (χ0) is 18.1. The lowest BCUT2D eigenvalue weighted by molar-refractivity contribution is -0.119. The van der Waals surface area contributed by atoms with E-state index < -0.39 is 0 Å². The number of likely N-dealkylation sites (tertiary alicyclic amines) is 1. The van der Waals surface area contributed by atoms with Crippen molar-refractivity contribution in [3.8, 4) is 0 Å². The van der Waals surface area contributed by atoms with E-state index in [1.165, 1.54) is 69.2 Å². The van der Waals surface area contributed by atoms with Crippen molar-refractivity contribution < 1.29 is 4.79 Å². The van der Waals surface area contributed by atoms with Crippen LogP contribution in [-0.2, 0) is 10.2 Å². The van der Waals surface area contributed by atoms with E-state index in [0.717, 1.165) is 18.4 Å². The molecule has 2 fully saturated rings. The van der Waals surface area contributed by atoms with Gasteiger partial charge in [-0.3, -0.25) is 4.79 Å². The fourth-order valence-corrected chi connectivity index (χ4v) is 5.96. The number of carbonyl (C=O) groups excluding carboxylic acids is 1. The minimum atomic E-state index is 0.0896. The zero-order valence-corrected chi connectivity index (χ0v) is 16.5. The maximum atomic E-state index is 11.7. The van der Waals surface area contributed by atoms with Crippen LogP contribution in [0.4, 0.5) is 0 Å². The SMILES string of the molecule is CC(=O)NC1CC2(CCN(C3CCCCC(C)C3)CC2)c2ccccc21. The van der Waals surface area contributed by atoms with Crippen molar-refractivity contribution >= 4 is 5.91 Å². The molecule has 2 aliphatic carbocycles. The van der Waals surface area contributed by atoms with Crippen LogP contribution >= 0.6 is 0 Å². The molecular formula is C23H34N2O. The summed E-state index contributed by atoms with van der Waals surface area (Å²) in [5.74, 6) is 0.974. The molecule has 0 radical (unpaired) electrons. The zero-order valence-electron chi connectivity index (χ0n) is 16.5. The topological polar surface area (TPSA) is 32.3 Å². The lowest BCUT2D eigenvalue weighted by Crippen LogP contribution is -2.46. The van der Waals surface area contributed by atoms with Gasteiger partial charge in [0.1, 0.15) is 0 Å². The van der Waals surface area contributed by atoms with Crippen LogP contribution in [0.3, 0.4) is 0 Å². The summed E-state index contributed by atoms with van der Waals surface area (Å²) < 4.78 is 0. The molecule has 1 saturated heterocycles. The van der Waals surface area contributed by atoms with E-state index in [1.54, 1.807) is 6.92 Å². The first kappa shape index (κ1) is 18.0. The summed E-state index contributed by atoms with van der Waals surface area (Å²) in [6, 6.07) is 9.84. The Balaban J connectivity index is 1.49. The van der Waals surface area contributed by atoms with Gasteiger partial charge in [0, 0.05) is 18.4 Å². The van der Waals surface area contributed by atoms with Gasteiger partial charge in [-0.25, -0.2) is 0 Å². The number of carbonyl (C=O) groups is 1. The molecule has 1 N–H and O–H groups in total. The number of piperidine rings is 1. The molecule has 0 aromatic heterocycles. The van der Waals surface area contributed by atoms with Crippen molar-refractivity contribution in [2.24, 2.45) is 5.92 Å². The van der Waals surface area contributed by atoms with Crippen molar-refractivity contribution in [2.45, 2.75) is 82.7 Å². The van der Waals surface area contributed by atoms with Crippen molar-refractivity contribution in [1.29, 1.82) is 0 Å². The minimum Gasteiger partial charge on any atom is -0.349 e. The third-order valence-corrected chi connectivity index (χ3v) is 7.31. The maximum Gasteiger partial charge on any atom is 0.217 e. The predicted molar refractivity (Wildman–Crippen MR) is 106 cm³/mol. The number of amides is 1. The highest BCUT2D eigenvalue weighted by Gasteiger charge is 2.46. The third kappa shape index (κ3) is 3.43. The van der Waals surface area contributed by atoms with E-state index in [9.17, 15) is 4.79 Å². The normalized spacial score (nSPS) is 31.4. The molecule has 1 aromatic rings. The summed E-state index contributed by atoms with van der Waals surface area (Å²) in [4.78, 5) is 14.5. The van der Waals surface area contributed by atoms with Gasteiger partial charge in [-0.05, 0) is 62.2 Å². The summed E-state index contributed by atoms with van der Waals surface area (Å²) in [7, 11) is 0. The summed E-state index contributed by atoms with van der Waals surface area (Å²) in [5.41, 5.74) is 3.14. The molecule has 3 aliphatic rings. The minimum absolute atomic E-state index is 0.0896. The standard InChI is InChI=1S/C23H34N2O/c1-17-7-3-4-8-19(15-17)25-13-11-23(12-14-25)16-22(24-18(2)26)20-9-5-6-10-21(20)23/h5-6,9-10,17,19,22H,3-4,7-8,11-16H2,1-2H3,(H,24,26). The van der Waals surface area contributed by atoms with Crippen LogP contribution in [0, 0.1) is 5.92 Å². The van der Waals surface area contributed by atoms with E-state index in [0.29, 0.717) is 0 Å². The van der Waals surface area contributed by atoms with Crippen molar-refractivity contribution in [2.75, 3.05) is 13.1 Å². The lowest BCUT2D eigenvalue weighted by Gasteiger charge is -2.43. The maximum absolute atomic E-state index is 11.7. The van der Waals surface area contributed by atoms with Gasteiger partial charge in [-0.2, -0.15) is 0 Å². The molecule has 1 heterocycles. The van der Waals surface area contributed by atoms with E-state index in [-0.39, 0.29) is 17.4 Å². The second-order valence-electron chi connectivity index (χ2n) is 9.14. The molecule has 142 valence electrons. The fraction of sp³-hybridized carbons (Fsp3) is 0.696. The van der Waals surface area contributed by atoms with Crippen molar-refractivity contribution in [1.82, 2.24) is 10.2 Å². The van der Waals surface area contributed by atoms with Crippen LogP contribution < -0.4 is 5.32 Å². The first-order chi connectivity index (χ1) is 12.6. The lowest BCUT2D eigenvalue weighted by atomic mass is 9.73. The van der Waals surface area contributed by atoms with Crippen LogP contribution in [-0.4, -0.2) is 29.9 Å². The Labute approximate surface area is 158 Å². The number of nitrogens with zero attached hydrogens (tertiary/aromatic N) is 1. The number of fused-ring (bicyclic) bond motifs is 2. The van der Waals surface area contributed by atoms with E-state index in [2.05, 4.69) is 41.4 Å². The molecule has 1 saturated carbocycles. The van der Waals surface area contributed by atoms with Crippen LogP contribution in [0.15, 0.2) is 24.3 Å². The third-order valence-electron chi connectivity index (χ3n) is 7.31. The van der Waals surface area contributed by atoms with Gasteiger partial charge in [-0.15, -0.1) is 0 Å². The van der Waals surface area contributed by atoms with Crippen molar-refractivity contribution in [3.05, 3.63) is 35.4 Å². The van der Waals surface area contributed by atoms with Crippen LogP contribution in [0.2, 0.25) is 0 Å². The Bertz CT molecular complexity index is 647. The van der Waals surface area contributed by atoms with Crippen LogP contribution in [0.1, 0.15) is 82.4 Å². The fourth-order valence-electron chi connectivity index (χ4n) is 5.96.